The highest BCUT2D eigenvalue weighted by molar-refractivity contribution is 4.72. The Morgan fingerprint density at radius 3 is 2.38 bits per heavy atom. The maximum atomic E-state index is 9.12. The summed E-state index contributed by atoms with van der Waals surface area (Å²) in [5.41, 5.74) is 0. The van der Waals surface area contributed by atoms with E-state index in [-0.39, 0.29) is 6.61 Å². The Kier molecular flexibility index (Phi) is 4.70. The van der Waals surface area contributed by atoms with Gasteiger partial charge in [-0.1, -0.05) is 26.2 Å². The molecule has 1 N–H and O–H groups in total. The van der Waals surface area contributed by atoms with Crippen LogP contribution in [0, 0.1) is 0 Å². The molecule has 1 aliphatic rings. The van der Waals surface area contributed by atoms with Crippen LogP contribution < -0.4 is 0 Å². The van der Waals surface area contributed by atoms with Gasteiger partial charge in [-0.15, -0.1) is 0 Å². The van der Waals surface area contributed by atoms with E-state index in [1.807, 2.05) is 0 Å². The number of ether oxygens (including phenoxy) is 2. The molecule has 1 heterocycles. The molecule has 0 radical (unpaired) electrons. The van der Waals surface area contributed by atoms with Crippen molar-refractivity contribution in [1.82, 2.24) is 0 Å². The van der Waals surface area contributed by atoms with Gasteiger partial charge in [0.25, 0.3) is 0 Å². The number of unbranched alkanes of at least 4 members (excludes halogenated alkanes) is 3. The van der Waals surface area contributed by atoms with Gasteiger partial charge in [0, 0.05) is 6.42 Å². The van der Waals surface area contributed by atoms with Crippen molar-refractivity contribution in [2.24, 2.45) is 0 Å². The molecule has 13 heavy (non-hydrogen) atoms. The monoisotopic (exact) mass is 188 g/mol. The lowest BCUT2D eigenvalue weighted by atomic mass is 10.1. The second kappa shape index (κ2) is 5.58. The number of hydrogen-bond acceptors (Lipinski definition) is 3. The van der Waals surface area contributed by atoms with Crippen LogP contribution in [0.3, 0.4) is 0 Å². The third-order valence-electron chi connectivity index (χ3n) is 2.47. The summed E-state index contributed by atoms with van der Waals surface area (Å²) in [5.74, 6) is -0.659. The predicted octanol–water partition coefficient (Wildman–Crippen LogP) is 1.69. The molecule has 0 saturated carbocycles. The summed E-state index contributed by atoms with van der Waals surface area (Å²) in [7, 11) is 0. The molecule has 1 aliphatic heterocycles. The minimum absolute atomic E-state index is 0.0148. The fourth-order valence-corrected chi connectivity index (χ4v) is 1.63. The molecule has 0 atom stereocenters. The first-order valence-corrected chi connectivity index (χ1v) is 5.22. The highest BCUT2D eigenvalue weighted by atomic mass is 16.7. The zero-order valence-electron chi connectivity index (χ0n) is 8.42. The summed E-state index contributed by atoms with van der Waals surface area (Å²) in [5, 5.41) is 9.12. The van der Waals surface area contributed by atoms with E-state index < -0.39 is 5.79 Å². The van der Waals surface area contributed by atoms with Gasteiger partial charge in [-0.3, -0.25) is 0 Å². The van der Waals surface area contributed by atoms with Gasteiger partial charge in [0.1, 0.15) is 0 Å². The average Bonchev–Trinajstić information content (AvgIpc) is 2.62. The molecule has 0 aromatic rings. The normalized spacial score (nSPS) is 20.8. The van der Waals surface area contributed by atoms with Crippen molar-refractivity contribution in [1.29, 1.82) is 0 Å². The Morgan fingerprint density at radius 2 is 1.85 bits per heavy atom. The van der Waals surface area contributed by atoms with Crippen LogP contribution in [0.1, 0.15) is 39.0 Å². The van der Waals surface area contributed by atoms with Crippen LogP contribution in [0.2, 0.25) is 0 Å². The number of aliphatic hydroxyl groups is 1. The third kappa shape index (κ3) is 3.25. The Bertz CT molecular complexity index is 130. The smallest absolute Gasteiger partial charge is 0.191 e. The molecule has 1 rings (SSSR count). The summed E-state index contributed by atoms with van der Waals surface area (Å²) in [4.78, 5) is 0. The van der Waals surface area contributed by atoms with E-state index in [0.717, 1.165) is 12.8 Å². The van der Waals surface area contributed by atoms with Gasteiger partial charge in [0.05, 0.1) is 19.8 Å². The quantitative estimate of drug-likeness (QED) is 0.645. The molecule has 0 aromatic carbocycles. The maximum Gasteiger partial charge on any atom is 0.191 e. The Hall–Kier alpha value is -0.120. The Balaban J connectivity index is 2.16. The lowest BCUT2D eigenvalue weighted by molar-refractivity contribution is -0.187. The van der Waals surface area contributed by atoms with Gasteiger partial charge >= 0.3 is 0 Å². The molecule has 0 spiro atoms. The SMILES string of the molecule is CCCCCCC1(CO)OCCO1. The van der Waals surface area contributed by atoms with Gasteiger partial charge in [-0.2, -0.15) is 0 Å². The maximum absolute atomic E-state index is 9.12. The van der Waals surface area contributed by atoms with Crippen molar-refractivity contribution < 1.29 is 14.6 Å². The van der Waals surface area contributed by atoms with Crippen molar-refractivity contribution in [2.75, 3.05) is 19.8 Å². The summed E-state index contributed by atoms with van der Waals surface area (Å²) in [6.45, 7) is 3.41. The van der Waals surface area contributed by atoms with E-state index in [1.54, 1.807) is 0 Å². The molecule has 78 valence electrons. The topological polar surface area (TPSA) is 38.7 Å². The molecule has 1 fully saturated rings. The second-order valence-electron chi connectivity index (χ2n) is 3.58. The highest BCUT2D eigenvalue weighted by Gasteiger charge is 2.34. The highest BCUT2D eigenvalue weighted by Crippen LogP contribution is 2.25. The molecule has 0 bridgehead atoms. The van der Waals surface area contributed by atoms with Gasteiger partial charge in [0.15, 0.2) is 5.79 Å². The largest absolute Gasteiger partial charge is 0.391 e. The molecular formula is C10H20O3. The molecule has 1 saturated heterocycles. The minimum Gasteiger partial charge on any atom is -0.391 e. The van der Waals surface area contributed by atoms with E-state index in [9.17, 15) is 0 Å². The summed E-state index contributed by atoms with van der Waals surface area (Å²) >= 11 is 0. The molecule has 0 unspecified atom stereocenters. The molecule has 3 heteroatoms. The summed E-state index contributed by atoms with van der Waals surface area (Å²) in [6.07, 6.45) is 5.58. The third-order valence-corrected chi connectivity index (χ3v) is 2.47. The zero-order valence-corrected chi connectivity index (χ0v) is 8.42. The number of hydrogen-bond donors (Lipinski definition) is 1. The molecule has 0 aromatic heterocycles. The zero-order chi connectivity index (χ0) is 9.57. The summed E-state index contributed by atoms with van der Waals surface area (Å²) < 4.78 is 10.8. The van der Waals surface area contributed by atoms with Gasteiger partial charge in [-0.25, -0.2) is 0 Å². The van der Waals surface area contributed by atoms with E-state index in [1.165, 1.54) is 19.3 Å². The van der Waals surface area contributed by atoms with E-state index in [2.05, 4.69) is 6.92 Å². The van der Waals surface area contributed by atoms with Crippen molar-refractivity contribution in [2.45, 2.75) is 44.8 Å². The fraction of sp³-hybridized carbons (Fsp3) is 1.00. The van der Waals surface area contributed by atoms with E-state index in [0.29, 0.717) is 13.2 Å². The average molecular weight is 188 g/mol. The predicted molar refractivity (Wildman–Crippen MR) is 50.5 cm³/mol. The molecular weight excluding hydrogens is 168 g/mol. The summed E-state index contributed by atoms with van der Waals surface area (Å²) in [6, 6.07) is 0. The van der Waals surface area contributed by atoms with Crippen LogP contribution in [-0.4, -0.2) is 30.7 Å². The molecule has 0 amide bonds. The van der Waals surface area contributed by atoms with Gasteiger partial charge in [-0.05, 0) is 6.42 Å². The number of rotatable bonds is 6. The van der Waals surface area contributed by atoms with Crippen LogP contribution in [-0.2, 0) is 9.47 Å². The number of aliphatic hydroxyl groups excluding tert-OH is 1. The molecule has 3 nitrogen and oxygen atoms in total. The van der Waals surface area contributed by atoms with Crippen molar-refractivity contribution in [3.05, 3.63) is 0 Å². The van der Waals surface area contributed by atoms with Gasteiger partial charge < -0.3 is 14.6 Å². The lowest BCUT2D eigenvalue weighted by Crippen LogP contribution is -2.34. The second-order valence-corrected chi connectivity index (χ2v) is 3.58. The lowest BCUT2D eigenvalue weighted by Gasteiger charge is -2.24. The van der Waals surface area contributed by atoms with Crippen LogP contribution >= 0.6 is 0 Å². The van der Waals surface area contributed by atoms with Crippen molar-refractivity contribution in [3.63, 3.8) is 0 Å². The fourth-order valence-electron chi connectivity index (χ4n) is 1.63. The van der Waals surface area contributed by atoms with Crippen LogP contribution in [0.25, 0.3) is 0 Å². The Labute approximate surface area is 80.0 Å². The minimum atomic E-state index is -0.659. The van der Waals surface area contributed by atoms with Crippen LogP contribution in [0.15, 0.2) is 0 Å². The van der Waals surface area contributed by atoms with Gasteiger partial charge in [0.2, 0.25) is 0 Å². The van der Waals surface area contributed by atoms with Crippen molar-refractivity contribution in [3.8, 4) is 0 Å². The van der Waals surface area contributed by atoms with E-state index >= 15 is 0 Å². The Morgan fingerprint density at radius 1 is 1.15 bits per heavy atom. The standard InChI is InChI=1S/C10H20O3/c1-2-3-4-5-6-10(9-11)12-7-8-13-10/h11H,2-9H2,1H3. The first-order chi connectivity index (χ1) is 6.33. The molecule has 0 aliphatic carbocycles. The first kappa shape index (κ1) is 11.0. The van der Waals surface area contributed by atoms with E-state index in [4.69, 9.17) is 14.6 Å². The van der Waals surface area contributed by atoms with Crippen molar-refractivity contribution >= 4 is 0 Å². The van der Waals surface area contributed by atoms with Crippen LogP contribution in [0.5, 0.6) is 0 Å². The first-order valence-electron chi connectivity index (χ1n) is 5.22. The van der Waals surface area contributed by atoms with Crippen LogP contribution in [0.4, 0.5) is 0 Å².